The van der Waals surface area contributed by atoms with Gasteiger partial charge in [-0.05, 0) is 36.4 Å². The maximum Gasteiger partial charge on any atom is 0.273 e. The highest BCUT2D eigenvalue weighted by molar-refractivity contribution is 5.93. The predicted octanol–water partition coefficient (Wildman–Crippen LogP) is 2.41. The first-order valence-corrected chi connectivity index (χ1v) is 10.9. The summed E-state index contributed by atoms with van der Waals surface area (Å²) in [5, 5.41) is 18.9. The molecule has 1 saturated heterocycles. The van der Waals surface area contributed by atoms with Gasteiger partial charge in [-0.15, -0.1) is 0 Å². The van der Waals surface area contributed by atoms with Crippen LogP contribution in [0.1, 0.15) is 10.5 Å². The van der Waals surface area contributed by atoms with Gasteiger partial charge >= 0.3 is 0 Å². The molecule has 11 heteroatoms. The number of rotatable bonds is 8. The van der Waals surface area contributed by atoms with Gasteiger partial charge in [0, 0.05) is 25.7 Å². The number of carbonyl (C=O) groups excluding carboxylic acids is 1. The number of aliphatic hydroxyl groups excluding tert-OH is 1. The van der Waals surface area contributed by atoms with E-state index in [4.69, 9.17) is 19.4 Å². The number of aromatic nitrogens is 2. The van der Waals surface area contributed by atoms with Crippen LogP contribution in [-0.4, -0.2) is 77.6 Å². The molecule has 1 aliphatic heterocycles. The van der Waals surface area contributed by atoms with Gasteiger partial charge in [0.05, 0.1) is 44.9 Å². The first-order chi connectivity index (χ1) is 17.1. The van der Waals surface area contributed by atoms with E-state index in [1.54, 1.807) is 48.5 Å². The molecule has 4 rings (SSSR count). The van der Waals surface area contributed by atoms with E-state index in [0.29, 0.717) is 48.5 Å². The van der Waals surface area contributed by atoms with E-state index in [9.17, 15) is 9.90 Å². The van der Waals surface area contributed by atoms with E-state index in [1.807, 2.05) is 16.4 Å². The van der Waals surface area contributed by atoms with Gasteiger partial charge in [-0.1, -0.05) is 0 Å². The quantitative estimate of drug-likeness (QED) is 0.413. The van der Waals surface area contributed by atoms with Crippen molar-refractivity contribution in [3.63, 3.8) is 0 Å². The van der Waals surface area contributed by atoms with Crippen molar-refractivity contribution in [3.05, 3.63) is 60.6 Å². The number of pyridine rings is 2. The highest BCUT2D eigenvalue weighted by atomic mass is 16.5. The lowest BCUT2D eigenvalue weighted by Crippen LogP contribution is -2.57. The van der Waals surface area contributed by atoms with Gasteiger partial charge in [-0.2, -0.15) is 0 Å². The lowest BCUT2D eigenvalue weighted by atomic mass is 10.1. The minimum absolute atomic E-state index is 0.191. The lowest BCUT2D eigenvalue weighted by Gasteiger charge is -2.41. The fourth-order valence-electron chi connectivity index (χ4n) is 3.85. The Balaban J connectivity index is 1.47. The monoisotopic (exact) mass is 481 g/mol. The molecule has 0 radical (unpaired) electrons. The summed E-state index contributed by atoms with van der Waals surface area (Å²) in [6.07, 6.45) is 3.07. The molecule has 1 amide bonds. The molecule has 1 fully saturated rings. The van der Waals surface area contributed by atoms with Gasteiger partial charge in [0.1, 0.15) is 23.0 Å². The highest BCUT2D eigenvalue weighted by Gasteiger charge is 2.32. The van der Waals surface area contributed by atoms with Crippen molar-refractivity contribution < 1.29 is 29.3 Å². The normalized spacial score (nSPS) is 15.5. The smallest absolute Gasteiger partial charge is 0.273 e. The average molecular weight is 482 g/mol. The maximum atomic E-state index is 13.3. The molecule has 3 N–H and O–H groups in total. The number of ether oxygens (including phenoxy) is 3. The van der Waals surface area contributed by atoms with Crippen molar-refractivity contribution in [1.29, 1.82) is 0 Å². The van der Waals surface area contributed by atoms with Crippen LogP contribution in [0.4, 0.5) is 11.5 Å². The van der Waals surface area contributed by atoms with Gasteiger partial charge in [0.15, 0.2) is 11.5 Å². The zero-order chi connectivity index (χ0) is 24.8. The molecule has 11 nitrogen and oxygen atoms in total. The summed E-state index contributed by atoms with van der Waals surface area (Å²) in [6, 6.07) is 11.6. The summed E-state index contributed by atoms with van der Waals surface area (Å²) in [6.45, 7) is 1.15. The van der Waals surface area contributed by atoms with Crippen molar-refractivity contribution in [2.45, 2.75) is 6.04 Å². The summed E-state index contributed by atoms with van der Waals surface area (Å²) in [5.41, 5.74) is 3.01. The van der Waals surface area contributed by atoms with Crippen molar-refractivity contribution in [2.24, 2.45) is 0 Å². The molecule has 0 saturated carbocycles. The highest BCUT2D eigenvalue weighted by Crippen LogP contribution is 2.32. The van der Waals surface area contributed by atoms with E-state index in [1.165, 1.54) is 19.4 Å². The van der Waals surface area contributed by atoms with Crippen molar-refractivity contribution >= 4 is 17.4 Å². The van der Waals surface area contributed by atoms with Crippen LogP contribution in [0.2, 0.25) is 0 Å². The number of aliphatic hydroxyl groups is 1. The molecular formula is C24H27N5O6. The third-order valence-electron chi connectivity index (χ3n) is 5.74. The number of hydrogen-bond donors (Lipinski definition) is 3. The van der Waals surface area contributed by atoms with Gasteiger partial charge in [0.2, 0.25) is 0 Å². The van der Waals surface area contributed by atoms with Crippen molar-refractivity contribution in [1.82, 2.24) is 14.9 Å². The number of amides is 1. The summed E-state index contributed by atoms with van der Waals surface area (Å²) in [4.78, 5) is 25.3. The van der Waals surface area contributed by atoms with Gasteiger partial charge < -0.3 is 29.1 Å². The van der Waals surface area contributed by atoms with E-state index in [-0.39, 0.29) is 18.2 Å². The Bertz CT molecular complexity index is 1140. The molecule has 2 aromatic heterocycles. The molecule has 3 aromatic rings. The Labute approximate surface area is 202 Å². The van der Waals surface area contributed by atoms with E-state index in [2.05, 4.69) is 9.97 Å². The van der Waals surface area contributed by atoms with Crippen LogP contribution < -0.4 is 24.6 Å². The van der Waals surface area contributed by atoms with Crippen LogP contribution in [0, 0.1) is 0 Å². The van der Waals surface area contributed by atoms with Crippen molar-refractivity contribution in [2.75, 3.05) is 50.8 Å². The van der Waals surface area contributed by atoms with Crippen LogP contribution >= 0.6 is 0 Å². The third-order valence-corrected chi connectivity index (χ3v) is 5.74. The van der Waals surface area contributed by atoms with Crippen LogP contribution in [-0.2, 0) is 0 Å². The minimum atomic E-state index is -0.435. The first kappa shape index (κ1) is 24.0. The SMILES string of the molecule is COc1ccc(Oc2cnc(C(=O)N3CCN(c4ccc(NO)nc4)C[C@@H]3CO)cc2OC)cc1. The standard InChI is InChI=1S/C24H27N5O6/c1-33-18-4-6-19(7-5-18)35-22-13-25-20(11-21(22)34-2)24(31)29-10-9-28(14-17(29)15-30)16-3-8-23(27-32)26-12-16/h3-8,11-13,17,30,32H,9-10,14-15H2,1-2H3,(H,26,27)/t17-/m1/s1. The number of methoxy groups -OCH3 is 2. The van der Waals surface area contributed by atoms with Crippen LogP contribution in [0.3, 0.4) is 0 Å². The van der Waals surface area contributed by atoms with Gasteiger partial charge in [-0.3, -0.25) is 15.5 Å². The number of benzene rings is 1. The predicted molar refractivity (Wildman–Crippen MR) is 128 cm³/mol. The van der Waals surface area contributed by atoms with Crippen LogP contribution in [0.5, 0.6) is 23.0 Å². The molecule has 184 valence electrons. The largest absolute Gasteiger partial charge is 0.497 e. The second-order valence-electron chi connectivity index (χ2n) is 7.79. The second kappa shape index (κ2) is 10.9. The topological polar surface area (TPSA) is 130 Å². The number of nitrogens with zero attached hydrogens (tertiary/aromatic N) is 4. The number of carbonyl (C=O) groups is 1. The Morgan fingerprint density at radius 1 is 1.03 bits per heavy atom. The first-order valence-electron chi connectivity index (χ1n) is 10.9. The molecule has 1 aliphatic rings. The van der Waals surface area contributed by atoms with Gasteiger partial charge in [0.25, 0.3) is 5.91 Å². The zero-order valence-electron chi connectivity index (χ0n) is 19.4. The number of nitrogens with one attached hydrogen (secondary N) is 1. The van der Waals surface area contributed by atoms with Gasteiger partial charge in [-0.25, -0.2) is 9.97 Å². The Hall–Kier alpha value is -4.09. The van der Waals surface area contributed by atoms with Crippen molar-refractivity contribution in [3.8, 4) is 23.0 Å². The molecule has 35 heavy (non-hydrogen) atoms. The van der Waals surface area contributed by atoms with Crippen LogP contribution in [0.15, 0.2) is 54.9 Å². The summed E-state index contributed by atoms with van der Waals surface area (Å²) in [7, 11) is 3.08. The number of piperazine rings is 1. The van der Waals surface area contributed by atoms with E-state index < -0.39 is 6.04 Å². The Morgan fingerprint density at radius 2 is 1.80 bits per heavy atom. The summed E-state index contributed by atoms with van der Waals surface area (Å²) < 4.78 is 16.5. The van der Waals surface area contributed by atoms with E-state index in [0.717, 1.165) is 5.69 Å². The lowest BCUT2D eigenvalue weighted by molar-refractivity contribution is 0.0559. The Morgan fingerprint density at radius 3 is 2.43 bits per heavy atom. The fourth-order valence-corrected chi connectivity index (χ4v) is 3.85. The fraction of sp³-hybridized carbons (Fsp3) is 0.292. The third kappa shape index (κ3) is 5.36. The zero-order valence-corrected chi connectivity index (χ0v) is 19.4. The average Bonchev–Trinajstić information content (AvgIpc) is 2.93. The molecule has 3 heterocycles. The van der Waals surface area contributed by atoms with Crippen LogP contribution in [0.25, 0.3) is 0 Å². The molecule has 0 bridgehead atoms. The molecular weight excluding hydrogens is 454 g/mol. The summed E-state index contributed by atoms with van der Waals surface area (Å²) in [5.74, 6) is 2.03. The molecule has 1 atom stereocenters. The maximum absolute atomic E-state index is 13.3. The molecule has 0 unspecified atom stereocenters. The number of hydrogen-bond acceptors (Lipinski definition) is 10. The molecule has 0 spiro atoms. The number of anilines is 2. The molecule has 0 aliphatic carbocycles. The second-order valence-corrected chi connectivity index (χ2v) is 7.79. The summed E-state index contributed by atoms with van der Waals surface area (Å²) >= 11 is 0. The minimum Gasteiger partial charge on any atom is -0.497 e. The molecule has 1 aromatic carbocycles. The van der Waals surface area contributed by atoms with E-state index >= 15 is 0 Å². The Kier molecular flexibility index (Phi) is 7.48.